The van der Waals surface area contributed by atoms with Gasteiger partial charge in [0.05, 0.1) is 28.0 Å². The molecule has 9 nitrogen and oxygen atoms in total. The summed E-state index contributed by atoms with van der Waals surface area (Å²) in [5, 5.41) is 10.7. The standard InChI is InChI=1S/C24H18N2O7/c27-19(13-7-9-16(10-8-13)26(31)32)12-33-24(30)17-3-1-2-4-18(17)25-22(28)20-14-5-6-15(11-14)21(20)23(25)29/h1-10,14-15,20-21H,11-12H2/t14-,15+,20-,21-/m0/s1. The van der Waals surface area contributed by atoms with Gasteiger partial charge in [0.25, 0.3) is 5.69 Å². The van der Waals surface area contributed by atoms with E-state index in [-0.39, 0.29) is 46.2 Å². The molecule has 0 aromatic heterocycles. The second-order valence-corrected chi connectivity index (χ2v) is 8.33. The third-order valence-corrected chi connectivity index (χ3v) is 6.57. The van der Waals surface area contributed by atoms with Crippen molar-refractivity contribution in [3.05, 3.63) is 81.9 Å². The highest BCUT2D eigenvalue weighted by Gasteiger charge is 2.59. The summed E-state index contributed by atoms with van der Waals surface area (Å²) in [5.74, 6) is -2.74. The van der Waals surface area contributed by atoms with Crippen LogP contribution in [0, 0.1) is 33.8 Å². The summed E-state index contributed by atoms with van der Waals surface area (Å²) in [6.07, 6.45) is 4.78. The highest BCUT2D eigenvalue weighted by atomic mass is 16.6. The molecule has 2 amide bonds. The summed E-state index contributed by atoms with van der Waals surface area (Å²) in [7, 11) is 0. The van der Waals surface area contributed by atoms with Crippen LogP contribution in [-0.2, 0) is 14.3 Å². The van der Waals surface area contributed by atoms with Gasteiger partial charge in [-0.1, -0.05) is 24.3 Å². The summed E-state index contributed by atoms with van der Waals surface area (Å²) in [6, 6.07) is 11.1. The lowest BCUT2D eigenvalue weighted by Gasteiger charge is -2.19. The molecule has 2 aromatic carbocycles. The number of non-ortho nitro benzene ring substituents is 1. The van der Waals surface area contributed by atoms with E-state index in [0.29, 0.717) is 0 Å². The van der Waals surface area contributed by atoms with Crippen LogP contribution in [-0.4, -0.2) is 35.1 Å². The summed E-state index contributed by atoms with van der Waals surface area (Å²) < 4.78 is 5.16. The van der Waals surface area contributed by atoms with Crippen LogP contribution in [0.2, 0.25) is 0 Å². The lowest BCUT2D eigenvalue weighted by molar-refractivity contribution is -0.384. The van der Waals surface area contributed by atoms with Crippen molar-refractivity contribution in [1.29, 1.82) is 0 Å². The van der Waals surface area contributed by atoms with Crippen LogP contribution < -0.4 is 4.90 Å². The first-order valence-corrected chi connectivity index (χ1v) is 10.5. The quantitative estimate of drug-likeness (QED) is 0.167. The molecule has 0 unspecified atom stereocenters. The Morgan fingerprint density at radius 1 is 0.970 bits per heavy atom. The van der Waals surface area contributed by atoms with Crippen LogP contribution in [0.4, 0.5) is 11.4 Å². The fourth-order valence-electron chi connectivity index (χ4n) is 5.04. The van der Waals surface area contributed by atoms with Gasteiger partial charge in [0, 0.05) is 17.7 Å². The molecule has 2 bridgehead atoms. The van der Waals surface area contributed by atoms with Crippen molar-refractivity contribution in [3.63, 3.8) is 0 Å². The van der Waals surface area contributed by atoms with Gasteiger partial charge in [0.2, 0.25) is 11.8 Å². The van der Waals surface area contributed by atoms with Gasteiger partial charge < -0.3 is 4.74 Å². The Balaban J connectivity index is 1.32. The molecule has 1 saturated carbocycles. The SMILES string of the molecule is O=C(COC(=O)c1ccccc1N1C(=O)[C@@H]2[C@@H](C1=O)[C@H]1C=C[C@@H]2C1)c1ccc([N+](=O)[O-])cc1. The molecule has 3 aliphatic rings. The van der Waals surface area contributed by atoms with Crippen molar-refractivity contribution in [2.75, 3.05) is 11.5 Å². The van der Waals surface area contributed by atoms with E-state index < -0.39 is 35.1 Å². The molecule has 5 rings (SSSR count). The third-order valence-electron chi connectivity index (χ3n) is 6.57. The molecule has 2 aliphatic carbocycles. The first-order valence-electron chi connectivity index (χ1n) is 10.5. The summed E-state index contributed by atoms with van der Waals surface area (Å²) in [5.41, 5.74) is 0.151. The molecular weight excluding hydrogens is 428 g/mol. The number of amides is 2. The number of rotatable bonds is 6. The first-order chi connectivity index (χ1) is 15.9. The van der Waals surface area contributed by atoms with E-state index in [2.05, 4.69) is 0 Å². The van der Waals surface area contributed by atoms with Gasteiger partial charge in [-0.2, -0.15) is 0 Å². The summed E-state index contributed by atoms with van der Waals surface area (Å²) in [6.45, 7) is -0.591. The van der Waals surface area contributed by atoms with Crippen LogP contribution in [0.1, 0.15) is 27.1 Å². The fraction of sp³-hybridized carbons (Fsp3) is 0.250. The van der Waals surface area contributed by atoms with Gasteiger partial charge in [-0.15, -0.1) is 0 Å². The third kappa shape index (κ3) is 3.32. The van der Waals surface area contributed by atoms with Gasteiger partial charge in [-0.05, 0) is 42.5 Å². The minimum Gasteiger partial charge on any atom is -0.454 e. The predicted molar refractivity (Wildman–Crippen MR) is 114 cm³/mol. The van der Waals surface area contributed by atoms with Crippen LogP contribution in [0.5, 0.6) is 0 Å². The number of esters is 1. The molecule has 0 N–H and O–H groups in total. The Morgan fingerprint density at radius 2 is 1.58 bits per heavy atom. The van der Waals surface area contributed by atoms with Crippen molar-refractivity contribution in [2.45, 2.75) is 6.42 Å². The van der Waals surface area contributed by atoms with E-state index in [9.17, 15) is 29.3 Å². The monoisotopic (exact) mass is 446 g/mol. The number of ether oxygens (including phenoxy) is 1. The minimum absolute atomic E-state index is 0.0102. The molecule has 0 spiro atoms. The molecule has 1 heterocycles. The number of Topliss-reactive ketones (excluding diaryl/α,β-unsaturated/α-hetero) is 1. The maximum Gasteiger partial charge on any atom is 0.340 e. The van der Waals surface area contributed by atoms with Gasteiger partial charge in [0.15, 0.2) is 12.4 Å². The van der Waals surface area contributed by atoms with Crippen LogP contribution >= 0.6 is 0 Å². The molecule has 4 atom stereocenters. The Kier molecular flexibility index (Phi) is 4.88. The Morgan fingerprint density at radius 3 is 2.18 bits per heavy atom. The van der Waals surface area contributed by atoms with Crippen molar-refractivity contribution in [1.82, 2.24) is 0 Å². The number of nitro benzene ring substituents is 1. The molecular formula is C24H18N2O7. The minimum atomic E-state index is -0.848. The van der Waals surface area contributed by atoms with Crippen molar-refractivity contribution in [3.8, 4) is 0 Å². The number of ketones is 1. The summed E-state index contributed by atoms with van der Waals surface area (Å²) >= 11 is 0. The van der Waals surface area contributed by atoms with Gasteiger partial charge in [0.1, 0.15) is 0 Å². The number of anilines is 1. The molecule has 1 saturated heterocycles. The van der Waals surface area contributed by atoms with Crippen LogP contribution in [0.3, 0.4) is 0 Å². The molecule has 2 fully saturated rings. The number of para-hydroxylation sites is 1. The lowest BCUT2D eigenvalue weighted by atomic mass is 9.85. The van der Waals surface area contributed by atoms with E-state index in [4.69, 9.17) is 4.74 Å². The second-order valence-electron chi connectivity index (χ2n) is 8.33. The normalized spacial score (nSPS) is 24.8. The smallest absolute Gasteiger partial charge is 0.340 e. The average molecular weight is 446 g/mol. The number of allylic oxidation sites excluding steroid dienone is 2. The Hall–Kier alpha value is -4.14. The highest BCUT2D eigenvalue weighted by molar-refractivity contribution is 6.24. The van der Waals surface area contributed by atoms with E-state index in [1.54, 1.807) is 12.1 Å². The molecule has 166 valence electrons. The highest BCUT2D eigenvalue weighted by Crippen LogP contribution is 2.53. The predicted octanol–water partition coefficient (Wildman–Crippen LogP) is 2.95. The second kappa shape index (κ2) is 7.77. The van der Waals surface area contributed by atoms with E-state index >= 15 is 0 Å². The van der Waals surface area contributed by atoms with Crippen molar-refractivity contribution >= 4 is 34.9 Å². The topological polar surface area (TPSA) is 124 Å². The maximum absolute atomic E-state index is 13.1. The number of hydrogen-bond acceptors (Lipinski definition) is 7. The van der Waals surface area contributed by atoms with Crippen LogP contribution in [0.15, 0.2) is 60.7 Å². The Labute approximate surface area is 187 Å². The number of fused-ring (bicyclic) bond motifs is 5. The number of benzene rings is 2. The zero-order valence-electron chi connectivity index (χ0n) is 17.2. The molecule has 2 aromatic rings. The van der Waals surface area contributed by atoms with Gasteiger partial charge >= 0.3 is 5.97 Å². The zero-order chi connectivity index (χ0) is 23.3. The number of hydrogen-bond donors (Lipinski definition) is 0. The number of carbonyl (C=O) groups is 4. The van der Waals surface area contributed by atoms with Gasteiger partial charge in [-0.3, -0.25) is 24.5 Å². The van der Waals surface area contributed by atoms with E-state index in [1.165, 1.54) is 36.4 Å². The van der Waals surface area contributed by atoms with Crippen LogP contribution in [0.25, 0.3) is 0 Å². The number of nitrogens with zero attached hydrogens (tertiary/aromatic N) is 2. The van der Waals surface area contributed by atoms with Crippen molar-refractivity contribution < 1.29 is 28.8 Å². The largest absolute Gasteiger partial charge is 0.454 e. The number of carbonyl (C=O) groups excluding carboxylic acids is 4. The number of imide groups is 1. The fourth-order valence-corrected chi connectivity index (χ4v) is 5.04. The Bertz CT molecular complexity index is 1200. The zero-order valence-corrected chi connectivity index (χ0v) is 17.2. The van der Waals surface area contributed by atoms with E-state index in [0.717, 1.165) is 11.3 Å². The van der Waals surface area contributed by atoms with E-state index in [1.807, 2.05) is 12.2 Å². The molecule has 9 heteroatoms. The lowest BCUT2D eigenvalue weighted by Crippen LogP contribution is -2.34. The maximum atomic E-state index is 13.1. The first kappa shape index (κ1) is 20.7. The summed E-state index contributed by atoms with van der Waals surface area (Å²) in [4.78, 5) is 62.6. The molecule has 0 radical (unpaired) electrons. The number of nitro groups is 1. The van der Waals surface area contributed by atoms with Crippen molar-refractivity contribution in [2.24, 2.45) is 23.7 Å². The average Bonchev–Trinajstić information content (AvgIpc) is 3.51. The van der Waals surface area contributed by atoms with Gasteiger partial charge in [-0.25, -0.2) is 9.69 Å². The molecule has 33 heavy (non-hydrogen) atoms. The molecule has 1 aliphatic heterocycles.